The molecule has 0 saturated heterocycles. The van der Waals surface area contributed by atoms with E-state index in [4.69, 9.17) is 25.7 Å². The Labute approximate surface area is 229 Å². The number of amides is 3. The van der Waals surface area contributed by atoms with Gasteiger partial charge in [0.2, 0.25) is 5.91 Å². The van der Waals surface area contributed by atoms with Crippen molar-refractivity contribution in [2.45, 2.75) is 19.9 Å². The second-order valence-corrected chi connectivity index (χ2v) is 8.97. The summed E-state index contributed by atoms with van der Waals surface area (Å²) in [5.74, 6) is -2.24. The van der Waals surface area contributed by atoms with Crippen LogP contribution in [0.25, 0.3) is 0 Å². The summed E-state index contributed by atoms with van der Waals surface area (Å²) in [5, 5.41) is 2.54. The minimum atomic E-state index is -1.33. The van der Waals surface area contributed by atoms with E-state index in [9.17, 15) is 19.2 Å². The standard InChI is InChI=1S/C26H29N5O7S/c1-5-38-19(32)13-29-25(34)22(15-9-10-17(36-3)18(12-15)37-4)31(16-8-6-7-14(2)11-16)26(35)23-20(27)21(24(28)33)30-39-23/h6-12,22H,5,13,27H2,1-4H3,(H2,28,33)(H,29,34). The van der Waals surface area contributed by atoms with Gasteiger partial charge in [0.1, 0.15) is 17.5 Å². The van der Waals surface area contributed by atoms with Crippen molar-refractivity contribution in [1.82, 2.24) is 9.69 Å². The molecule has 3 aromatic rings. The Hall–Kier alpha value is -4.65. The van der Waals surface area contributed by atoms with Crippen LogP contribution in [0.4, 0.5) is 11.4 Å². The maximum absolute atomic E-state index is 14.1. The van der Waals surface area contributed by atoms with Gasteiger partial charge in [0.25, 0.3) is 11.8 Å². The zero-order valence-electron chi connectivity index (χ0n) is 21.8. The largest absolute Gasteiger partial charge is 0.493 e. The van der Waals surface area contributed by atoms with Crippen LogP contribution in [-0.2, 0) is 14.3 Å². The summed E-state index contributed by atoms with van der Waals surface area (Å²) in [6, 6.07) is 10.3. The van der Waals surface area contributed by atoms with Crippen molar-refractivity contribution in [2.75, 3.05) is 38.0 Å². The third kappa shape index (κ3) is 6.44. The molecule has 13 heteroatoms. The summed E-state index contributed by atoms with van der Waals surface area (Å²) < 4.78 is 19.6. The second-order valence-electron chi connectivity index (χ2n) is 8.19. The average Bonchev–Trinajstić information content (AvgIpc) is 3.31. The number of nitrogens with one attached hydrogen (secondary N) is 1. The van der Waals surface area contributed by atoms with E-state index in [1.807, 2.05) is 13.0 Å². The van der Waals surface area contributed by atoms with Crippen molar-refractivity contribution < 1.29 is 33.4 Å². The van der Waals surface area contributed by atoms with E-state index in [0.29, 0.717) is 34.3 Å². The van der Waals surface area contributed by atoms with E-state index in [1.165, 1.54) is 19.1 Å². The third-order valence-electron chi connectivity index (χ3n) is 5.60. The van der Waals surface area contributed by atoms with Gasteiger partial charge in [-0.15, -0.1) is 0 Å². The van der Waals surface area contributed by atoms with Gasteiger partial charge in [-0.25, -0.2) is 0 Å². The van der Waals surface area contributed by atoms with E-state index in [-0.39, 0.29) is 22.9 Å². The number of hydrogen-bond donors (Lipinski definition) is 3. The molecule has 5 N–H and O–H groups in total. The van der Waals surface area contributed by atoms with Gasteiger partial charge < -0.3 is 31.0 Å². The van der Waals surface area contributed by atoms with Crippen molar-refractivity contribution in [1.29, 1.82) is 0 Å². The number of esters is 1. The summed E-state index contributed by atoms with van der Waals surface area (Å²) in [4.78, 5) is 52.7. The molecule has 1 unspecified atom stereocenters. The lowest BCUT2D eigenvalue weighted by Gasteiger charge is -2.31. The Morgan fingerprint density at radius 2 is 1.79 bits per heavy atom. The lowest BCUT2D eigenvalue weighted by atomic mass is 10.0. The monoisotopic (exact) mass is 555 g/mol. The smallest absolute Gasteiger partial charge is 0.325 e. The molecule has 2 aromatic carbocycles. The van der Waals surface area contributed by atoms with Gasteiger partial charge >= 0.3 is 5.97 Å². The number of rotatable bonds is 11. The van der Waals surface area contributed by atoms with E-state index in [0.717, 1.165) is 5.56 Å². The summed E-state index contributed by atoms with van der Waals surface area (Å²) in [5.41, 5.74) is 12.5. The minimum Gasteiger partial charge on any atom is -0.493 e. The first-order chi connectivity index (χ1) is 18.6. The van der Waals surface area contributed by atoms with Crippen molar-refractivity contribution >= 4 is 46.6 Å². The van der Waals surface area contributed by atoms with Gasteiger partial charge in [0.15, 0.2) is 17.2 Å². The van der Waals surface area contributed by atoms with Crippen LogP contribution in [0.1, 0.15) is 44.3 Å². The molecule has 12 nitrogen and oxygen atoms in total. The number of methoxy groups -OCH3 is 2. The number of aromatic nitrogens is 1. The molecule has 0 saturated carbocycles. The van der Waals surface area contributed by atoms with Crippen molar-refractivity contribution in [3.63, 3.8) is 0 Å². The van der Waals surface area contributed by atoms with Crippen LogP contribution in [0, 0.1) is 6.92 Å². The van der Waals surface area contributed by atoms with Crippen molar-refractivity contribution in [3.8, 4) is 11.5 Å². The number of hydrogen-bond acceptors (Lipinski definition) is 10. The fourth-order valence-corrected chi connectivity index (χ4v) is 4.55. The Morgan fingerprint density at radius 1 is 1.08 bits per heavy atom. The van der Waals surface area contributed by atoms with E-state index >= 15 is 0 Å². The number of benzene rings is 2. The molecule has 0 aliphatic carbocycles. The van der Waals surface area contributed by atoms with Crippen LogP contribution in [0.2, 0.25) is 0 Å². The number of aryl methyl sites for hydroxylation is 1. The third-order valence-corrected chi connectivity index (χ3v) is 6.45. The maximum atomic E-state index is 14.1. The number of carbonyl (C=O) groups is 4. The number of ether oxygens (including phenoxy) is 3. The number of nitrogens with zero attached hydrogens (tertiary/aromatic N) is 2. The summed E-state index contributed by atoms with van der Waals surface area (Å²) in [7, 11) is 2.90. The number of nitrogen functional groups attached to an aromatic ring is 1. The second kappa shape index (κ2) is 12.7. The van der Waals surface area contributed by atoms with Crippen molar-refractivity contribution in [2.24, 2.45) is 5.73 Å². The molecule has 206 valence electrons. The van der Waals surface area contributed by atoms with Crippen LogP contribution in [0.5, 0.6) is 11.5 Å². The molecule has 3 amide bonds. The van der Waals surface area contributed by atoms with Crippen molar-refractivity contribution in [3.05, 3.63) is 64.2 Å². The predicted molar refractivity (Wildman–Crippen MR) is 145 cm³/mol. The highest BCUT2D eigenvalue weighted by atomic mass is 32.1. The van der Waals surface area contributed by atoms with Gasteiger partial charge in [0, 0.05) is 5.69 Å². The zero-order valence-corrected chi connectivity index (χ0v) is 22.7. The molecule has 0 aliphatic heterocycles. The van der Waals surface area contributed by atoms with Crippen LogP contribution in [0.15, 0.2) is 42.5 Å². The van der Waals surface area contributed by atoms with Crippen LogP contribution in [0.3, 0.4) is 0 Å². The normalized spacial score (nSPS) is 11.3. The summed E-state index contributed by atoms with van der Waals surface area (Å²) >= 11 is 0.685. The number of carbonyl (C=O) groups excluding carboxylic acids is 4. The average molecular weight is 556 g/mol. The van der Waals surface area contributed by atoms with Gasteiger partial charge in [0.05, 0.1) is 26.5 Å². The first-order valence-electron chi connectivity index (χ1n) is 11.7. The number of nitrogens with two attached hydrogens (primary N) is 2. The zero-order chi connectivity index (χ0) is 28.7. The van der Waals surface area contributed by atoms with E-state index < -0.39 is 36.3 Å². The molecule has 3 rings (SSSR count). The number of anilines is 2. The first-order valence-corrected chi connectivity index (χ1v) is 12.5. The SMILES string of the molecule is CCOC(=O)CNC(=O)C(c1ccc(OC)c(OC)c1)N(C(=O)c1snc(C(N)=O)c1N)c1cccc(C)c1. The first kappa shape index (κ1) is 28.9. The Kier molecular flexibility index (Phi) is 9.44. The molecule has 1 aromatic heterocycles. The molecule has 0 aliphatic rings. The summed E-state index contributed by atoms with van der Waals surface area (Å²) in [6.07, 6.45) is 0. The molecule has 0 radical (unpaired) electrons. The van der Waals surface area contributed by atoms with Gasteiger partial charge in [-0.3, -0.25) is 24.1 Å². The maximum Gasteiger partial charge on any atom is 0.325 e. The van der Waals surface area contributed by atoms with Gasteiger partial charge in [-0.2, -0.15) is 4.37 Å². The van der Waals surface area contributed by atoms with Crippen LogP contribution < -0.4 is 31.2 Å². The fourth-order valence-electron chi connectivity index (χ4n) is 3.81. The minimum absolute atomic E-state index is 0.0889. The lowest BCUT2D eigenvalue weighted by Crippen LogP contribution is -2.45. The molecule has 1 heterocycles. The van der Waals surface area contributed by atoms with Crippen LogP contribution >= 0.6 is 11.5 Å². The predicted octanol–water partition coefficient (Wildman–Crippen LogP) is 2.22. The van der Waals surface area contributed by atoms with Gasteiger partial charge in [-0.1, -0.05) is 18.2 Å². The van der Waals surface area contributed by atoms with E-state index in [1.54, 1.807) is 43.3 Å². The molecule has 39 heavy (non-hydrogen) atoms. The van der Waals surface area contributed by atoms with E-state index in [2.05, 4.69) is 9.69 Å². The quantitative estimate of drug-likeness (QED) is 0.299. The Bertz CT molecular complexity index is 1390. The highest BCUT2D eigenvalue weighted by Gasteiger charge is 2.36. The van der Waals surface area contributed by atoms with Crippen LogP contribution in [-0.4, -0.2) is 55.4 Å². The Morgan fingerprint density at radius 3 is 2.38 bits per heavy atom. The fraction of sp³-hybridized carbons (Fsp3) is 0.269. The summed E-state index contributed by atoms with van der Waals surface area (Å²) in [6.45, 7) is 3.17. The lowest BCUT2D eigenvalue weighted by molar-refractivity contribution is -0.143. The highest BCUT2D eigenvalue weighted by molar-refractivity contribution is 7.09. The molecule has 0 fully saturated rings. The highest BCUT2D eigenvalue weighted by Crippen LogP contribution is 2.36. The molecular formula is C26H29N5O7S. The molecule has 0 bridgehead atoms. The molecule has 1 atom stereocenters. The topological polar surface area (TPSA) is 176 Å². The molecule has 0 spiro atoms. The number of primary amides is 1. The Balaban J connectivity index is 2.22. The molecular weight excluding hydrogens is 526 g/mol. The van der Waals surface area contributed by atoms with Gasteiger partial charge in [-0.05, 0) is 60.8 Å².